The highest BCUT2D eigenvalue weighted by atomic mass is 16.3. The fourth-order valence-corrected chi connectivity index (χ4v) is 9.03. The summed E-state index contributed by atoms with van der Waals surface area (Å²) in [5.74, 6) is 0. The molecule has 0 fully saturated rings. The standard InChI is InChI=1S/C52H30O2/c1-2-14-36-31(12-1)13-11-21-39(36)50-42-19-5-3-17-40(42)48(41-18-4-6-20-43(41)50)34-26-24-33-29-35(27-25-32(33)28-34)49-51-44(37-15-7-9-22-46(37)53-51)30-45-38-16-8-10-23-47(38)54-52(45)49/h1-30H. The van der Waals surface area contributed by atoms with E-state index >= 15 is 0 Å². The van der Waals surface area contributed by atoms with Crippen LogP contribution in [0.25, 0.3) is 120 Å². The van der Waals surface area contributed by atoms with E-state index < -0.39 is 0 Å². The van der Waals surface area contributed by atoms with E-state index in [2.05, 4.69) is 158 Å². The number of hydrogen-bond donors (Lipinski definition) is 0. The third kappa shape index (κ3) is 4.17. The van der Waals surface area contributed by atoms with Crippen molar-refractivity contribution in [2.75, 3.05) is 0 Å². The average Bonchev–Trinajstić information content (AvgIpc) is 3.79. The molecular formula is C52H30O2. The normalized spacial score (nSPS) is 12.1. The first kappa shape index (κ1) is 29.4. The number of benzene rings is 10. The van der Waals surface area contributed by atoms with E-state index in [1.54, 1.807) is 0 Å². The van der Waals surface area contributed by atoms with E-state index in [-0.39, 0.29) is 0 Å². The van der Waals surface area contributed by atoms with Crippen LogP contribution >= 0.6 is 0 Å². The molecule has 0 saturated heterocycles. The highest BCUT2D eigenvalue weighted by Crippen LogP contribution is 2.47. The molecule has 0 saturated carbocycles. The fourth-order valence-electron chi connectivity index (χ4n) is 9.03. The first-order valence-electron chi connectivity index (χ1n) is 18.5. The first-order valence-corrected chi connectivity index (χ1v) is 18.5. The van der Waals surface area contributed by atoms with Gasteiger partial charge in [-0.15, -0.1) is 0 Å². The van der Waals surface area contributed by atoms with Crippen LogP contribution in [0.1, 0.15) is 0 Å². The van der Waals surface area contributed by atoms with E-state index in [1.165, 1.54) is 60.0 Å². The molecule has 0 radical (unpaired) electrons. The van der Waals surface area contributed by atoms with Gasteiger partial charge in [0, 0.05) is 21.5 Å². The minimum Gasteiger partial charge on any atom is -0.455 e. The molecule has 0 unspecified atom stereocenters. The zero-order valence-corrected chi connectivity index (χ0v) is 29.1. The topological polar surface area (TPSA) is 26.3 Å². The lowest BCUT2D eigenvalue weighted by Crippen LogP contribution is -1.91. The molecule has 0 aliphatic rings. The van der Waals surface area contributed by atoms with Gasteiger partial charge in [-0.3, -0.25) is 0 Å². The van der Waals surface area contributed by atoms with E-state index in [0.29, 0.717) is 0 Å². The number of fused-ring (bicyclic) bond motifs is 10. The van der Waals surface area contributed by atoms with Gasteiger partial charge >= 0.3 is 0 Å². The Bertz CT molecular complexity index is 3350. The molecule has 0 aliphatic heterocycles. The summed E-state index contributed by atoms with van der Waals surface area (Å²) < 4.78 is 13.2. The quantitative estimate of drug-likeness (QED) is 0.173. The van der Waals surface area contributed by atoms with Crippen LogP contribution in [0.15, 0.2) is 191 Å². The Morgan fingerprint density at radius 3 is 1.28 bits per heavy atom. The van der Waals surface area contributed by atoms with Gasteiger partial charge in [-0.05, 0) is 101 Å². The Morgan fingerprint density at radius 2 is 0.704 bits per heavy atom. The van der Waals surface area contributed by atoms with Crippen molar-refractivity contribution in [3.05, 3.63) is 182 Å². The van der Waals surface area contributed by atoms with Crippen molar-refractivity contribution in [3.8, 4) is 33.4 Å². The summed E-state index contributed by atoms with van der Waals surface area (Å²) in [6, 6.07) is 65.6. The van der Waals surface area contributed by atoms with E-state index in [0.717, 1.165) is 60.4 Å². The van der Waals surface area contributed by atoms with Crippen molar-refractivity contribution in [2.24, 2.45) is 0 Å². The van der Waals surface area contributed by atoms with Crippen LogP contribution < -0.4 is 0 Å². The molecule has 0 amide bonds. The summed E-state index contributed by atoms with van der Waals surface area (Å²) in [5.41, 5.74) is 10.5. The van der Waals surface area contributed by atoms with Gasteiger partial charge in [0.25, 0.3) is 0 Å². The summed E-state index contributed by atoms with van der Waals surface area (Å²) >= 11 is 0. The molecule has 54 heavy (non-hydrogen) atoms. The molecule has 2 nitrogen and oxygen atoms in total. The maximum Gasteiger partial charge on any atom is 0.147 e. The number of rotatable bonds is 3. The van der Waals surface area contributed by atoms with Gasteiger partial charge in [-0.25, -0.2) is 0 Å². The second-order valence-electron chi connectivity index (χ2n) is 14.3. The number of para-hydroxylation sites is 2. The van der Waals surface area contributed by atoms with Crippen LogP contribution in [0.3, 0.4) is 0 Å². The summed E-state index contributed by atoms with van der Waals surface area (Å²) in [7, 11) is 0. The van der Waals surface area contributed by atoms with Crippen molar-refractivity contribution in [1.82, 2.24) is 0 Å². The van der Waals surface area contributed by atoms with E-state index in [9.17, 15) is 0 Å². The Balaban J connectivity index is 1.08. The van der Waals surface area contributed by atoms with Crippen LogP contribution in [-0.4, -0.2) is 0 Å². The smallest absolute Gasteiger partial charge is 0.147 e. The molecule has 2 heteroatoms. The lowest BCUT2D eigenvalue weighted by molar-refractivity contribution is 0.658. The van der Waals surface area contributed by atoms with Crippen LogP contribution in [0.2, 0.25) is 0 Å². The van der Waals surface area contributed by atoms with Crippen LogP contribution in [0, 0.1) is 0 Å². The van der Waals surface area contributed by atoms with Gasteiger partial charge in [-0.2, -0.15) is 0 Å². The van der Waals surface area contributed by atoms with Crippen molar-refractivity contribution in [2.45, 2.75) is 0 Å². The Morgan fingerprint density at radius 1 is 0.259 bits per heavy atom. The molecule has 250 valence electrons. The molecule has 0 bridgehead atoms. The van der Waals surface area contributed by atoms with Crippen molar-refractivity contribution < 1.29 is 8.83 Å². The first-order chi connectivity index (χ1) is 26.8. The maximum absolute atomic E-state index is 6.62. The average molecular weight is 687 g/mol. The lowest BCUT2D eigenvalue weighted by Gasteiger charge is -2.19. The summed E-state index contributed by atoms with van der Waals surface area (Å²) in [5, 5.41) is 14.3. The third-order valence-corrected chi connectivity index (χ3v) is 11.4. The predicted octanol–water partition coefficient (Wildman–Crippen LogP) is 15.1. The fraction of sp³-hybridized carbons (Fsp3) is 0. The molecule has 0 N–H and O–H groups in total. The largest absolute Gasteiger partial charge is 0.455 e. The third-order valence-electron chi connectivity index (χ3n) is 11.4. The summed E-state index contributed by atoms with van der Waals surface area (Å²) in [6.45, 7) is 0. The molecule has 0 aliphatic carbocycles. The summed E-state index contributed by atoms with van der Waals surface area (Å²) in [4.78, 5) is 0. The van der Waals surface area contributed by atoms with Crippen molar-refractivity contribution in [1.29, 1.82) is 0 Å². The monoisotopic (exact) mass is 686 g/mol. The Labute approximate surface area is 310 Å². The minimum absolute atomic E-state index is 0.850. The van der Waals surface area contributed by atoms with Crippen LogP contribution in [0.4, 0.5) is 0 Å². The van der Waals surface area contributed by atoms with Crippen LogP contribution in [0.5, 0.6) is 0 Å². The molecule has 2 heterocycles. The molecule has 0 spiro atoms. The Hall–Kier alpha value is -7.16. The molecule has 12 aromatic rings. The Kier molecular flexibility index (Phi) is 6.09. The van der Waals surface area contributed by atoms with Gasteiger partial charge in [0.15, 0.2) is 0 Å². The zero-order valence-electron chi connectivity index (χ0n) is 29.1. The van der Waals surface area contributed by atoms with Gasteiger partial charge in [0.05, 0.1) is 5.56 Å². The predicted molar refractivity (Wildman–Crippen MR) is 227 cm³/mol. The zero-order chi connectivity index (χ0) is 35.3. The highest BCUT2D eigenvalue weighted by molar-refractivity contribution is 6.25. The second-order valence-corrected chi connectivity index (χ2v) is 14.3. The maximum atomic E-state index is 6.62. The van der Waals surface area contributed by atoms with Gasteiger partial charge in [-0.1, -0.05) is 152 Å². The van der Waals surface area contributed by atoms with Crippen molar-refractivity contribution in [3.63, 3.8) is 0 Å². The number of furan rings is 2. The molecule has 2 aromatic heterocycles. The van der Waals surface area contributed by atoms with E-state index in [1.807, 2.05) is 24.3 Å². The SMILES string of the molecule is c1ccc2c(-c3c4ccccc4c(-c4ccc5cc(-c6c7oc8ccccc8c7cc7c6oc6ccccc67)ccc5c4)c4ccccc34)cccc2c1. The van der Waals surface area contributed by atoms with E-state index in [4.69, 9.17) is 8.83 Å². The van der Waals surface area contributed by atoms with Gasteiger partial charge in [0.1, 0.15) is 22.3 Å². The summed E-state index contributed by atoms with van der Waals surface area (Å²) in [6.07, 6.45) is 0. The number of hydrogen-bond acceptors (Lipinski definition) is 2. The molecule has 0 atom stereocenters. The lowest BCUT2D eigenvalue weighted by atomic mass is 9.84. The minimum atomic E-state index is 0.850. The van der Waals surface area contributed by atoms with Crippen molar-refractivity contribution >= 4 is 87.0 Å². The highest BCUT2D eigenvalue weighted by Gasteiger charge is 2.22. The van der Waals surface area contributed by atoms with Gasteiger partial charge < -0.3 is 8.83 Å². The van der Waals surface area contributed by atoms with Gasteiger partial charge in [0.2, 0.25) is 0 Å². The molecule has 10 aromatic carbocycles. The molecular weight excluding hydrogens is 657 g/mol. The molecule has 12 rings (SSSR count). The second kappa shape index (κ2) is 11.2. The van der Waals surface area contributed by atoms with Crippen LogP contribution in [-0.2, 0) is 0 Å².